The summed E-state index contributed by atoms with van der Waals surface area (Å²) in [6.07, 6.45) is 1.31. The average Bonchev–Trinajstić information content (AvgIpc) is 2.53. The zero-order chi connectivity index (χ0) is 14.0. The molecule has 0 radical (unpaired) electrons. The summed E-state index contributed by atoms with van der Waals surface area (Å²) in [4.78, 5) is 11.4. The van der Waals surface area contributed by atoms with E-state index in [4.69, 9.17) is 9.47 Å². The van der Waals surface area contributed by atoms with Gasteiger partial charge in [0, 0.05) is 18.4 Å². The predicted molar refractivity (Wildman–Crippen MR) is 78.2 cm³/mol. The molecule has 1 aliphatic heterocycles. The molecule has 104 valence electrons. The van der Waals surface area contributed by atoms with Crippen LogP contribution in [-0.4, -0.2) is 19.0 Å². The minimum Gasteiger partial charge on any atom is -0.489 e. The van der Waals surface area contributed by atoms with Gasteiger partial charge < -0.3 is 9.47 Å². The second-order valence-electron chi connectivity index (χ2n) is 5.17. The van der Waals surface area contributed by atoms with Gasteiger partial charge in [-0.3, -0.25) is 4.79 Å². The fraction of sp³-hybridized carbons (Fsp3) is 0.533. The van der Waals surface area contributed by atoms with Crippen LogP contribution in [0.1, 0.15) is 44.2 Å². The number of benzene rings is 1. The molecule has 0 unspecified atom stereocenters. The van der Waals surface area contributed by atoms with Crippen molar-refractivity contribution in [2.75, 3.05) is 13.2 Å². The molecule has 0 N–H and O–H groups in total. The molecule has 2 rings (SSSR count). The lowest BCUT2D eigenvalue weighted by molar-refractivity contribution is -0.116. The van der Waals surface area contributed by atoms with Gasteiger partial charge in [0.15, 0.2) is 11.5 Å². The largest absolute Gasteiger partial charge is 0.489 e. The summed E-state index contributed by atoms with van der Waals surface area (Å²) in [5.41, 5.74) is 2.12. The molecule has 0 atom stereocenters. The van der Waals surface area contributed by atoms with Crippen LogP contribution >= 0.6 is 15.9 Å². The van der Waals surface area contributed by atoms with E-state index in [1.165, 1.54) is 0 Å². The summed E-state index contributed by atoms with van der Waals surface area (Å²) in [6, 6.07) is 1.99. The summed E-state index contributed by atoms with van der Waals surface area (Å²) >= 11 is 3.52. The average molecular weight is 327 g/mol. The summed E-state index contributed by atoms with van der Waals surface area (Å²) in [7, 11) is 0. The van der Waals surface area contributed by atoms with E-state index in [9.17, 15) is 4.79 Å². The lowest BCUT2D eigenvalue weighted by Gasteiger charge is -2.20. The Morgan fingerprint density at radius 1 is 1.32 bits per heavy atom. The van der Waals surface area contributed by atoms with Crippen molar-refractivity contribution >= 4 is 21.7 Å². The van der Waals surface area contributed by atoms with Crippen LogP contribution in [0.4, 0.5) is 0 Å². The Bertz CT molecular complexity index is 495. The van der Waals surface area contributed by atoms with Gasteiger partial charge in [-0.25, -0.2) is 0 Å². The summed E-state index contributed by atoms with van der Waals surface area (Å²) in [6.45, 7) is 7.15. The molecule has 0 spiro atoms. The molecule has 0 amide bonds. The van der Waals surface area contributed by atoms with Gasteiger partial charge in [0.2, 0.25) is 0 Å². The predicted octanol–water partition coefficient (Wildman–Crippen LogP) is 3.87. The first-order valence-electron chi connectivity index (χ1n) is 6.61. The molecular weight excluding hydrogens is 308 g/mol. The number of Topliss-reactive ketones (excluding diaryl/α,β-unsaturated/α-hetero) is 1. The zero-order valence-corrected chi connectivity index (χ0v) is 13.2. The molecule has 0 saturated heterocycles. The Labute approximate surface area is 122 Å². The maximum atomic E-state index is 11.4. The highest BCUT2D eigenvalue weighted by atomic mass is 79.9. The van der Waals surface area contributed by atoms with Gasteiger partial charge in [0.1, 0.15) is 5.78 Å². The highest BCUT2D eigenvalue weighted by molar-refractivity contribution is 9.10. The molecule has 1 aromatic carbocycles. The van der Waals surface area contributed by atoms with E-state index < -0.39 is 0 Å². The van der Waals surface area contributed by atoms with E-state index >= 15 is 0 Å². The topological polar surface area (TPSA) is 35.5 Å². The molecule has 1 aliphatic rings. The van der Waals surface area contributed by atoms with Crippen molar-refractivity contribution in [3.8, 4) is 11.5 Å². The number of hydrogen-bond acceptors (Lipinski definition) is 3. The normalized spacial score (nSPS) is 14.4. The SMILES string of the molecule is CC(=O)Cc1cc(Br)c2c(c1C(C)C)OCCCO2. The first kappa shape index (κ1) is 14.4. The molecule has 1 heterocycles. The standard InChI is InChI=1S/C15H19BrO3/c1-9(2)13-11(7-10(3)17)8-12(16)14-15(13)19-6-4-5-18-14/h8-9H,4-7H2,1-3H3. The number of fused-ring (bicyclic) bond motifs is 1. The van der Waals surface area contributed by atoms with Crippen molar-refractivity contribution in [3.05, 3.63) is 21.7 Å². The Hall–Kier alpha value is -1.03. The van der Waals surface area contributed by atoms with Crippen LogP contribution in [0.15, 0.2) is 10.5 Å². The van der Waals surface area contributed by atoms with Crippen molar-refractivity contribution in [2.24, 2.45) is 0 Å². The maximum absolute atomic E-state index is 11.4. The summed E-state index contributed by atoms with van der Waals surface area (Å²) in [5, 5.41) is 0. The lowest BCUT2D eigenvalue weighted by atomic mass is 9.93. The number of halogens is 1. The van der Waals surface area contributed by atoms with E-state index in [-0.39, 0.29) is 11.7 Å². The molecule has 0 aliphatic carbocycles. The lowest BCUT2D eigenvalue weighted by Crippen LogP contribution is -2.07. The third-order valence-electron chi connectivity index (χ3n) is 3.11. The fourth-order valence-corrected chi connectivity index (χ4v) is 2.98. The second-order valence-corrected chi connectivity index (χ2v) is 6.03. The number of rotatable bonds is 3. The molecule has 3 nitrogen and oxygen atoms in total. The maximum Gasteiger partial charge on any atom is 0.175 e. The molecule has 0 saturated carbocycles. The van der Waals surface area contributed by atoms with Gasteiger partial charge in [-0.15, -0.1) is 0 Å². The molecular formula is C15H19BrO3. The van der Waals surface area contributed by atoms with Crippen molar-refractivity contribution in [1.29, 1.82) is 0 Å². The van der Waals surface area contributed by atoms with Gasteiger partial charge in [-0.2, -0.15) is 0 Å². The Morgan fingerprint density at radius 2 is 1.95 bits per heavy atom. The van der Waals surface area contributed by atoms with E-state index in [2.05, 4.69) is 29.8 Å². The number of ether oxygens (including phenoxy) is 2. The number of carbonyl (C=O) groups excluding carboxylic acids is 1. The third kappa shape index (κ3) is 3.11. The van der Waals surface area contributed by atoms with Crippen LogP contribution in [0.3, 0.4) is 0 Å². The quantitative estimate of drug-likeness (QED) is 0.845. The van der Waals surface area contributed by atoms with E-state index in [1.807, 2.05) is 6.07 Å². The molecule has 0 bridgehead atoms. The van der Waals surface area contributed by atoms with Gasteiger partial charge in [-0.1, -0.05) is 13.8 Å². The number of ketones is 1. The van der Waals surface area contributed by atoms with E-state index in [0.29, 0.717) is 19.6 Å². The van der Waals surface area contributed by atoms with Crippen LogP contribution in [-0.2, 0) is 11.2 Å². The van der Waals surface area contributed by atoms with Crippen molar-refractivity contribution in [3.63, 3.8) is 0 Å². The second kappa shape index (κ2) is 5.95. The minimum atomic E-state index is 0.156. The van der Waals surface area contributed by atoms with Crippen LogP contribution in [0, 0.1) is 0 Å². The van der Waals surface area contributed by atoms with E-state index in [0.717, 1.165) is 33.5 Å². The van der Waals surface area contributed by atoms with Gasteiger partial charge >= 0.3 is 0 Å². The smallest absolute Gasteiger partial charge is 0.175 e. The highest BCUT2D eigenvalue weighted by Gasteiger charge is 2.23. The minimum absolute atomic E-state index is 0.156. The molecule has 19 heavy (non-hydrogen) atoms. The van der Waals surface area contributed by atoms with Gasteiger partial charge in [0.25, 0.3) is 0 Å². The molecule has 4 heteroatoms. The van der Waals surface area contributed by atoms with Crippen LogP contribution in [0.2, 0.25) is 0 Å². The van der Waals surface area contributed by atoms with Gasteiger partial charge in [0.05, 0.1) is 17.7 Å². The van der Waals surface area contributed by atoms with Crippen molar-refractivity contribution in [2.45, 2.75) is 39.5 Å². The van der Waals surface area contributed by atoms with Crippen LogP contribution in [0.25, 0.3) is 0 Å². The first-order chi connectivity index (χ1) is 9.00. The first-order valence-corrected chi connectivity index (χ1v) is 7.40. The Kier molecular flexibility index (Phi) is 4.50. The molecule has 1 aromatic rings. The van der Waals surface area contributed by atoms with Crippen LogP contribution in [0.5, 0.6) is 11.5 Å². The van der Waals surface area contributed by atoms with Crippen molar-refractivity contribution < 1.29 is 14.3 Å². The molecule has 0 aromatic heterocycles. The van der Waals surface area contributed by atoms with Gasteiger partial charge in [-0.05, 0) is 40.4 Å². The Morgan fingerprint density at radius 3 is 2.53 bits per heavy atom. The van der Waals surface area contributed by atoms with Crippen molar-refractivity contribution in [1.82, 2.24) is 0 Å². The summed E-state index contributed by atoms with van der Waals surface area (Å²) < 4.78 is 12.5. The van der Waals surface area contributed by atoms with Crippen LogP contribution < -0.4 is 9.47 Å². The third-order valence-corrected chi connectivity index (χ3v) is 3.70. The highest BCUT2D eigenvalue weighted by Crippen LogP contribution is 2.44. The van der Waals surface area contributed by atoms with E-state index in [1.54, 1.807) is 6.92 Å². The monoisotopic (exact) mass is 326 g/mol. The number of carbonyl (C=O) groups is 1. The zero-order valence-electron chi connectivity index (χ0n) is 11.6. The summed E-state index contributed by atoms with van der Waals surface area (Å²) in [5.74, 6) is 2.02. The number of hydrogen-bond donors (Lipinski definition) is 0. The Balaban J connectivity index is 2.59. The fourth-order valence-electron chi connectivity index (χ4n) is 2.41. The molecule has 0 fully saturated rings.